The van der Waals surface area contributed by atoms with Gasteiger partial charge in [-0.15, -0.1) is 11.6 Å². The van der Waals surface area contributed by atoms with Crippen LogP contribution in [0.15, 0.2) is 16.7 Å². The summed E-state index contributed by atoms with van der Waals surface area (Å²) in [5.41, 5.74) is 1.06. The monoisotopic (exact) mass is 308 g/mol. The Kier molecular flexibility index (Phi) is 5.79. The van der Waals surface area contributed by atoms with E-state index in [1.165, 1.54) is 0 Å². The fraction of sp³-hybridized carbons (Fsp3) is 0.500. The molecule has 0 fully saturated rings. The van der Waals surface area contributed by atoms with Gasteiger partial charge in [-0.25, -0.2) is 4.98 Å². The molecule has 0 atom stereocenters. The van der Waals surface area contributed by atoms with E-state index in [0.29, 0.717) is 5.88 Å². The summed E-state index contributed by atoms with van der Waals surface area (Å²) in [4.78, 5) is 6.53. The highest BCUT2D eigenvalue weighted by molar-refractivity contribution is 9.10. The number of pyridine rings is 1. The molecule has 0 spiro atoms. The topological polar surface area (TPSA) is 16.1 Å². The largest absolute Gasteiger partial charge is 0.359 e. The standard InChI is InChI=1S/C10H14BrClN2S/c1-14(3-4-15-2)10-8(6-12)5-9(11)7-13-10/h5,7H,3-4,6H2,1-2H3. The van der Waals surface area contributed by atoms with Crippen molar-refractivity contribution in [3.8, 4) is 0 Å². The van der Waals surface area contributed by atoms with Gasteiger partial charge in [0.05, 0.1) is 5.88 Å². The smallest absolute Gasteiger partial charge is 0.132 e. The van der Waals surface area contributed by atoms with Crippen LogP contribution in [-0.2, 0) is 5.88 Å². The highest BCUT2D eigenvalue weighted by Gasteiger charge is 2.08. The van der Waals surface area contributed by atoms with Crippen molar-refractivity contribution < 1.29 is 0 Å². The number of aromatic nitrogens is 1. The van der Waals surface area contributed by atoms with Crippen LogP contribution in [0.4, 0.5) is 5.82 Å². The lowest BCUT2D eigenvalue weighted by Gasteiger charge is -2.20. The molecule has 1 aromatic heterocycles. The molecule has 0 aliphatic heterocycles. The number of nitrogens with zero attached hydrogens (tertiary/aromatic N) is 2. The number of halogens is 2. The second-order valence-corrected chi connectivity index (χ2v) is 5.35. The number of thioether (sulfide) groups is 1. The summed E-state index contributed by atoms with van der Waals surface area (Å²) in [5.74, 6) is 2.56. The van der Waals surface area contributed by atoms with Crippen LogP contribution in [0.5, 0.6) is 0 Å². The Morgan fingerprint density at radius 3 is 2.93 bits per heavy atom. The van der Waals surface area contributed by atoms with Crippen LogP contribution in [-0.4, -0.2) is 30.6 Å². The molecule has 84 valence electrons. The molecule has 0 N–H and O–H groups in total. The first-order chi connectivity index (χ1) is 7.19. The number of hydrogen-bond donors (Lipinski definition) is 0. The Morgan fingerprint density at radius 2 is 2.33 bits per heavy atom. The van der Waals surface area contributed by atoms with Crippen molar-refractivity contribution in [2.24, 2.45) is 0 Å². The summed E-state index contributed by atoms with van der Waals surface area (Å²) < 4.78 is 0.972. The van der Waals surface area contributed by atoms with E-state index in [1.54, 1.807) is 6.20 Å². The first-order valence-electron chi connectivity index (χ1n) is 4.59. The Morgan fingerprint density at radius 1 is 1.60 bits per heavy atom. The van der Waals surface area contributed by atoms with Crippen LogP contribution >= 0.6 is 39.3 Å². The number of alkyl halides is 1. The molecule has 0 aliphatic carbocycles. The molecule has 0 radical (unpaired) electrons. The maximum absolute atomic E-state index is 5.89. The van der Waals surface area contributed by atoms with Crippen LogP contribution < -0.4 is 4.90 Å². The molecule has 0 unspecified atom stereocenters. The molecule has 1 rings (SSSR count). The Bertz CT molecular complexity index is 322. The van der Waals surface area contributed by atoms with Crippen LogP contribution in [0.2, 0.25) is 0 Å². The molecule has 0 aromatic carbocycles. The fourth-order valence-corrected chi connectivity index (χ4v) is 2.28. The van der Waals surface area contributed by atoms with Crippen LogP contribution in [0.1, 0.15) is 5.56 Å². The molecule has 0 aliphatic rings. The van der Waals surface area contributed by atoms with Crippen LogP contribution in [0, 0.1) is 0 Å². The van der Waals surface area contributed by atoms with E-state index < -0.39 is 0 Å². The van der Waals surface area contributed by atoms with Gasteiger partial charge in [-0.05, 0) is 28.3 Å². The van der Waals surface area contributed by atoms with Gasteiger partial charge in [-0.1, -0.05) is 0 Å². The van der Waals surface area contributed by atoms with Crippen LogP contribution in [0.3, 0.4) is 0 Å². The summed E-state index contributed by atoms with van der Waals surface area (Å²) in [6.45, 7) is 0.986. The van der Waals surface area contributed by atoms with Crippen molar-refractivity contribution in [3.63, 3.8) is 0 Å². The molecule has 0 saturated heterocycles. The highest BCUT2D eigenvalue weighted by Crippen LogP contribution is 2.22. The normalized spacial score (nSPS) is 10.4. The third kappa shape index (κ3) is 3.85. The second kappa shape index (κ2) is 6.61. The van der Waals surface area contributed by atoms with Gasteiger partial charge in [0.15, 0.2) is 0 Å². The third-order valence-corrected chi connectivity index (χ3v) is 3.36. The van der Waals surface area contributed by atoms with E-state index in [9.17, 15) is 0 Å². The molecular weight excluding hydrogens is 296 g/mol. The quantitative estimate of drug-likeness (QED) is 0.776. The maximum Gasteiger partial charge on any atom is 0.132 e. The molecule has 15 heavy (non-hydrogen) atoms. The van der Waals surface area contributed by atoms with Crippen molar-refractivity contribution in [3.05, 3.63) is 22.3 Å². The number of rotatable bonds is 5. The van der Waals surface area contributed by atoms with Crippen molar-refractivity contribution in [2.45, 2.75) is 5.88 Å². The molecule has 0 amide bonds. The Balaban J connectivity index is 2.82. The second-order valence-electron chi connectivity index (χ2n) is 3.18. The van der Waals surface area contributed by atoms with Gasteiger partial charge in [0, 0.05) is 35.6 Å². The van der Waals surface area contributed by atoms with Crippen molar-refractivity contribution in [2.75, 3.05) is 30.5 Å². The molecule has 1 heterocycles. The minimum Gasteiger partial charge on any atom is -0.359 e. The van der Waals surface area contributed by atoms with Crippen molar-refractivity contribution in [1.29, 1.82) is 0 Å². The van der Waals surface area contributed by atoms with E-state index in [1.807, 2.05) is 24.9 Å². The van der Waals surface area contributed by atoms with Gasteiger partial charge >= 0.3 is 0 Å². The lowest BCUT2D eigenvalue weighted by atomic mass is 10.3. The molecule has 2 nitrogen and oxygen atoms in total. The van der Waals surface area contributed by atoms with Gasteiger partial charge in [0.25, 0.3) is 0 Å². The van der Waals surface area contributed by atoms with E-state index in [2.05, 4.69) is 32.1 Å². The molecule has 1 aromatic rings. The first kappa shape index (κ1) is 13.1. The van der Waals surface area contributed by atoms with E-state index >= 15 is 0 Å². The summed E-state index contributed by atoms with van der Waals surface area (Å²) in [5, 5.41) is 0. The zero-order valence-corrected chi connectivity index (χ0v) is 12.0. The zero-order chi connectivity index (χ0) is 11.3. The van der Waals surface area contributed by atoms with Crippen molar-refractivity contribution in [1.82, 2.24) is 4.98 Å². The minimum atomic E-state index is 0.491. The molecule has 5 heteroatoms. The summed E-state index contributed by atoms with van der Waals surface area (Å²) in [7, 11) is 2.04. The molecular formula is C10H14BrClN2S. The maximum atomic E-state index is 5.89. The van der Waals surface area contributed by atoms with Gasteiger partial charge in [-0.2, -0.15) is 11.8 Å². The van der Waals surface area contributed by atoms with Crippen LogP contribution in [0.25, 0.3) is 0 Å². The molecule has 0 bridgehead atoms. The Labute approximate surface area is 109 Å². The SMILES string of the molecule is CSCCN(C)c1ncc(Br)cc1CCl. The predicted octanol–water partition coefficient (Wildman–Crippen LogP) is 3.38. The van der Waals surface area contributed by atoms with E-state index in [0.717, 1.165) is 28.2 Å². The number of anilines is 1. The van der Waals surface area contributed by atoms with Crippen molar-refractivity contribution >= 4 is 45.1 Å². The van der Waals surface area contributed by atoms with E-state index in [4.69, 9.17) is 11.6 Å². The fourth-order valence-electron chi connectivity index (χ4n) is 1.25. The summed E-state index contributed by atoms with van der Waals surface area (Å²) in [6, 6.07) is 2.02. The average molecular weight is 310 g/mol. The third-order valence-electron chi connectivity index (χ3n) is 2.05. The lowest BCUT2D eigenvalue weighted by molar-refractivity contribution is 0.934. The van der Waals surface area contributed by atoms with Gasteiger partial charge in [0.2, 0.25) is 0 Å². The summed E-state index contributed by atoms with van der Waals surface area (Å²) >= 11 is 11.1. The Hall–Kier alpha value is 0.0700. The summed E-state index contributed by atoms with van der Waals surface area (Å²) in [6.07, 6.45) is 3.91. The number of hydrogen-bond acceptors (Lipinski definition) is 3. The average Bonchev–Trinajstić information content (AvgIpc) is 2.25. The van der Waals surface area contributed by atoms with Gasteiger partial charge in [-0.3, -0.25) is 0 Å². The minimum absolute atomic E-state index is 0.491. The van der Waals surface area contributed by atoms with Gasteiger partial charge < -0.3 is 4.90 Å². The molecule has 0 saturated carbocycles. The predicted molar refractivity (Wildman–Crippen MR) is 73.1 cm³/mol. The van der Waals surface area contributed by atoms with Gasteiger partial charge in [0.1, 0.15) is 5.82 Å². The highest BCUT2D eigenvalue weighted by atomic mass is 79.9. The zero-order valence-electron chi connectivity index (χ0n) is 8.83. The van der Waals surface area contributed by atoms with E-state index in [-0.39, 0.29) is 0 Å². The first-order valence-corrected chi connectivity index (χ1v) is 7.31. The lowest BCUT2D eigenvalue weighted by Crippen LogP contribution is -2.22.